The van der Waals surface area contributed by atoms with Gasteiger partial charge in [0.15, 0.2) is 29.5 Å². The lowest BCUT2D eigenvalue weighted by Gasteiger charge is -2.05. The number of anilines is 3. The Hall–Kier alpha value is -7.56. The number of nitrogen functional groups attached to an aromatic ring is 3. The molecule has 0 radical (unpaired) electrons. The molecule has 6 unspecified atom stereocenters. The van der Waals surface area contributed by atoms with Crippen LogP contribution in [0.15, 0.2) is 87.5 Å². The van der Waals surface area contributed by atoms with Crippen molar-refractivity contribution in [1.82, 2.24) is 46.5 Å². The first-order valence-electron chi connectivity index (χ1n) is 26.4. The molecule has 0 saturated heterocycles. The fraction of sp³-hybridized carbons (Fsp3) is 0.316. The Morgan fingerprint density at radius 2 is 0.631 bits per heavy atom. The van der Waals surface area contributed by atoms with Crippen molar-refractivity contribution in [2.45, 2.75) is 111 Å². The molecule has 84 heavy (non-hydrogen) atoms. The number of fused-ring (bicyclic) bond motifs is 3. The molecule has 0 spiro atoms. The van der Waals surface area contributed by atoms with Crippen molar-refractivity contribution in [2.24, 2.45) is 0 Å². The summed E-state index contributed by atoms with van der Waals surface area (Å²) in [4.78, 5) is 42.4. The van der Waals surface area contributed by atoms with Gasteiger partial charge in [-0.25, -0.2) is 25.3 Å². The molecule has 6 aromatic heterocycles. The summed E-state index contributed by atoms with van der Waals surface area (Å²) in [7, 11) is -9.63. The molecule has 0 bridgehead atoms. The third-order valence-corrected chi connectivity index (χ3v) is 22.2. The van der Waals surface area contributed by atoms with E-state index in [9.17, 15) is 39.6 Å². The normalized spacial score (nSPS) is 19.0. The lowest BCUT2D eigenvalue weighted by molar-refractivity contribution is 0.0946. The van der Waals surface area contributed by atoms with Gasteiger partial charge in [0.1, 0.15) is 29.1 Å². The SMILES string of the molecule is Cc1nnc2sc(C(=O)NC3CC3c3ccc(S(C)(=O)=O)cc3)c(N)c2c1C.Cc1nnc2sc(C(=O)NC3CC3c3ccc(S(C)(=O)=O)cc3)c(N)c2c1C.Cc1nnc2sc(C(=O)NC3CC3c3ccc(S(C)(=O)=O)cc3)c(N)c2c1C. The van der Waals surface area contributed by atoms with Crippen LogP contribution in [0.5, 0.6) is 0 Å². The predicted octanol–water partition coefficient (Wildman–Crippen LogP) is 7.74. The highest BCUT2D eigenvalue weighted by atomic mass is 32.2. The highest BCUT2D eigenvalue weighted by Crippen LogP contribution is 2.45. The molecule has 3 saturated carbocycles. The van der Waals surface area contributed by atoms with Crippen molar-refractivity contribution in [1.29, 1.82) is 0 Å². The lowest BCUT2D eigenvalue weighted by Crippen LogP contribution is -2.26. The lowest BCUT2D eigenvalue weighted by atomic mass is 10.1. The second-order valence-corrected chi connectivity index (χ2v) is 30.6. The maximum absolute atomic E-state index is 12.7. The maximum atomic E-state index is 12.7. The van der Waals surface area contributed by atoms with Gasteiger partial charge in [-0.2, -0.15) is 15.3 Å². The number of nitrogens with zero attached hydrogens (tertiary/aromatic N) is 6. The number of carbonyl (C=O) groups is 3. The topological polar surface area (TPSA) is 345 Å². The Bertz CT molecular complexity index is 4060. The van der Waals surface area contributed by atoms with Crippen molar-refractivity contribution in [3.8, 4) is 0 Å². The van der Waals surface area contributed by atoms with Crippen molar-refractivity contribution in [3.63, 3.8) is 0 Å². The predicted molar refractivity (Wildman–Crippen MR) is 328 cm³/mol. The molecule has 21 nitrogen and oxygen atoms in total. The second kappa shape index (κ2) is 22.5. The summed E-state index contributed by atoms with van der Waals surface area (Å²) in [6, 6.07) is 20.5. The monoisotopic (exact) mass is 1250 g/mol. The molecule has 6 atom stereocenters. The number of benzene rings is 3. The number of nitrogens with one attached hydrogen (secondary N) is 3. The van der Waals surface area contributed by atoms with Gasteiger partial charge in [-0.15, -0.1) is 49.3 Å². The number of aromatic nitrogens is 6. The molecule has 0 aliphatic heterocycles. The van der Waals surface area contributed by atoms with Crippen LogP contribution in [-0.2, 0) is 29.5 Å². The standard InChI is InChI=1S/3C19H20N4O3S2/c3*1-9-10(2)22-23-19-15(9)16(20)17(27-19)18(24)21-14-8-13(14)11-4-6-12(7-5-11)28(3,25)26/h3*4-7,13-14H,8,20H2,1-3H3,(H,21,24). The summed E-state index contributed by atoms with van der Waals surface area (Å²) in [5.41, 5.74) is 28.3. The Morgan fingerprint density at radius 3 is 0.845 bits per heavy atom. The van der Waals surface area contributed by atoms with E-state index in [1.165, 1.54) is 52.8 Å². The van der Waals surface area contributed by atoms with Crippen molar-refractivity contribution in [2.75, 3.05) is 36.0 Å². The summed E-state index contributed by atoms with van der Waals surface area (Å²) in [5.74, 6) is -0.0979. The van der Waals surface area contributed by atoms with Gasteiger partial charge in [0, 0.05) is 70.8 Å². The quantitative estimate of drug-likeness (QED) is 0.0681. The summed E-state index contributed by atoms with van der Waals surface area (Å²) in [6.45, 7) is 11.4. The van der Waals surface area contributed by atoms with E-state index in [-0.39, 0.29) is 53.6 Å². The van der Waals surface area contributed by atoms with Gasteiger partial charge in [0.25, 0.3) is 17.7 Å². The van der Waals surface area contributed by atoms with Crippen LogP contribution in [0.4, 0.5) is 17.1 Å². The molecule has 27 heteroatoms. The van der Waals surface area contributed by atoms with E-state index in [1.807, 2.05) is 77.9 Å². The largest absolute Gasteiger partial charge is 0.397 e. The third-order valence-electron chi connectivity index (χ3n) is 15.6. The van der Waals surface area contributed by atoms with E-state index in [1.54, 1.807) is 36.4 Å². The summed E-state index contributed by atoms with van der Waals surface area (Å²) in [6.07, 6.45) is 5.99. The molecule has 9 N–H and O–H groups in total. The molecular formula is C57H60N12O9S6. The van der Waals surface area contributed by atoms with Crippen LogP contribution in [0.1, 0.15) is 116 Å². The first kappa shape index (κ1) is 59.6. The van der Waals surface area contributed by atoms with Crippen LogP contribution >= 0.6 is 34.0 Å². The van der Waals surface area contributed by atoms with Crippen LogP contribution < -0.4 is 33.2 Å². The number of thiophene rings is 3. The van der Waals surface area contributed by atoms with Crippen molar-refractivity contribution >= 4 is 129 Å². The molecule has 3 aliphatic carbocycles. The minimum absolute atomic E-state index is 0.00936. The van der Waals surface area contributed by atoms with Gasteiger partial charge < -0.3 is 33.2 Å². The summed E-state index contributed by atoms with van der Waals surface area (Å²) in [5, 5.41) is 36.2. The first-order chi connectivity index (χ1) is 39.5. The van der Waals surface area contributed by atoms with Crippen molar-refractivity contribution in [3.05, 3.63) is 138 Å². The van der Waals surface area contributed by atoms with Crippen LogP contribution in [-0.4, -0.2) is 110 Å². The molecule has 3 amide bonds. The number of carbonyl (C=O) groups excluding carboxylic acids is 3. The van der Waals surface area contributed by atoms with Crippen LogP contribution in [0.3, 0.4) is 0 Å². The van der Waals surface area contributed by atoms with E-state index in [0.29, 0.717) is 60.9 Å². The van der Waals surface area contributed by atoms with E-state index in [2.05, 4.69) is 46.5 Å². The minimum atomic E-state index is -3.21. The Kier molecular flexibility index (Phi) is 15.9. The van der Waals surface area contributed by atoms with Crippen LogP contribution in [0, 0.1) is 41.5 Å². The van der Waals surface area contributed by atoms with E-state index in [0.717, 1.165) is 85.9 Å². The molecule has 12 rings (SSSR count). The zero-order chi connectivity index (χ0) is 60.6. The Labute approximate surface area is 497 Å². The highest BCUT2D eigenvalue weighted by Gasteiger charge is 2.42. The fourth-order valence-corrected chi connectivity index (χ4v) is 14.9. The van der Waals surface area contributed by atoms with E-state index >= 15 is 0 Å². The van der Waals surface area contributed by atoms with Crippen molar-refractivity contribution < 1.29 is 39.6 Å². The molecule has 3 fully saturated rings. The third kappa shape index (κ3) is 12.2. The molecule has 6 heterocycles. The second-order valence-electron chi connectivity index (χ2n) is 21.6. The fourth-order valence-electron chi connectivity index (χ4n) is 9.98. The Morgan fingerprint density at radius 1 is 0.405 bits per heavy atom. The zero-order valence-electron chi connectivity index (χ0n) is 47.1. The maximum Gasteiger partial charge on any atom is 0.263 e. The van der Waals surface area contributed by atoms with Crippen LogP contribution in [0.2, 0.25) is 0 Å². The molecule has 438 valence electrons. The molecule has 3 aliphatic rings. The highest BCUT2D eigenvalue weighted by molar-refractivity contribution is 7.91. The molecule has 3 aromatic carbocycles. The number of amides is 3. The van der Waals surface area contributed by atoms with Gasteiger partial charge in [-0.1, -0.05) is 36.4 Å². The first-order valence-corrected chi connectivity index (χ1v) is 34.5. The number of aryl methyl sites for hydroxylation is 6. The Balaban J connectivity index is 0.000000140. The average molecular weight is 1250 g/mol. The number of sulfone groups is 3. The van der Waals surface area contributed by atoms with E-state index < -0.39 is 29.5 Å². The molecule has 9 aromatic rings. The van der Waals surface area contributed by atoms with Gasteiger partial charge in [0.2, 0.25) is 0 Å². The van der Waals surface area contributed by atoms with Crippen LogP contribution in [0.25, 0.3) is 30.6 Å². The average Bonchev–Trinajstić information content (AvgIpc) is 2.17. The summed E-state index contributed by atoms with van der Waals surface area (Å²) < 4.78 is 69.4. The van der Waals surface area contributed by atoms with E-state index in [4.69, 9.17) is 17.2 Å². The molecular weight excluding hydrogens is 1190 g/mol. The van der Waals surface area contributed by atoms with Gasteiger partial charge in [0.05, 0.1) is 48.8 Å². The summed E-state index contributed by atoms with van der Waals surface area (Å²) >= 11 is 3.75. The van der Waals surface area contributed by atoms with Gasteiger partial charge >= 0.3 is 0 Å². The zero-order valence-corrected chi connectivity index (χ0v) is 52.0. The minimum Gasteiger partial charge on any atom is -0.397 e. The number of hydrogen-bond acceptors (Lipinski definition) is 21. The van der Waals surface area contributed by atoms with Gasteiger partial charge in [-0.3, -0.25) is 14.4 Å². The number of nitrogens with two attached hydrogens (primary N) is 3. The number of rotatable bonds is 12. The number of hydrogen-bond donors (Lipinski definition) is 6. The van der Waals surface area contributed by atoms with Gasteiger partial charge in [-0.05, 0) is 131 Å². The smallest absolute Gasteiger partial charge is 0.263 e.